The Morgan fingerprint density at radius 2 is 1.83 bits per heavy atom. The number of aromatic carboxylic acids is 1. The van der Waals surface area contributed by atoms with Crippen LogP contribution in [0.15, 0.2) is 54.9 Å². The second kappa shape index (κ2) is 7.36. The van der Waals surface area contributed by atoms with Gasteiger partial charge in [-0.1, -0.05) is 12.1 Å². The Morgan fingerprint density at radius 3 is 2.53 bits per heavy atom. The standard InChI is InChI=1S/C21H14F2N4O3/c1-11-16(9-24-19(25-11)12-3-2-4-13(22)7-12)20(28)26-27-10-17(21(29)30)15-8-14(23)5-6-18(15)27/h2-10H,1H3,(H,26,28)(H,29,30). The first-order valence-electron chi connectivity index (χ1n) is 8.78. The fraction of sp³-hybridized carbons (Fsp3) is 0.0476. The predicted octanol–water partition coefficient (Wildman–Crippen LogP) is 3.77. The van der Waals surface area contributed by atoms with Gasteiger partial charge in [-0.15, -0.1) is 0 Å². The first-order chi connectivity index (χ1) is 14.3. The van der Waals surface area contributed by atoms with Crippen LogP contribution in [0.1, 0.15) is 26.4 Å². The van der Waals surface area contributed by atoms with Crippen LogP contribution in [-0.2, 0) is 0 Å². The molecule has 1 amide bonds. The Bertz CT molecular complexity index is 1320. The smallest absolute Gasteiger partial charge is 0.337 e. The van der Waals surface area contributed by atoms with E-state index in [9.17, 15) is 23.5 Å². The largest absolute Gasteiger partial charge is 0.478 e. The van der Waals surface area contributed by atoms with E-state index in [1.165, 1.54) is 47.4 Å². The Labute approximate surface area is 168 Å². The maximum Gasteiger partial charge on any atom is 0.337 e. The molecular formula is C21H14F2N4O3. The zero-order chi connectivity index (χ0) is 21.4. The number of hydrogen-bond acceptors (Lipinski definition) is 4. The molecule has 0 aliphatic heterocycles. The van der Waals surface area contributed by atoms with E-state index in [2.05, 4.69) is 15.4 Å². The second-order valence-electron chi connectivity index (χ2n) is 6.52. The highest BCUT2D eigenvalue weighted by Crippen LogP contribution is 2.22. The van der Waals surface area contributed by atoms with Gasteiger partial charge in [0.05, 0.1) is 22.3 Å². The normalized spacial score (nSPS) is 10.9. The van der Waals surface area contributed by atoms with Crippen molar-refractivity contribution in [1.82, 2.24) is 14.6 Å². The number of benzene rings is 2. The number of carbonyl (C=O) groups excluding carboxylic acids is 1. The van der Waals surface area contributed by atoms with Crippen LogP contribution in [0, 0.1) is 18.6 Å². The summed E-state index contributed by atoms with van der Waals surface area (Å²) in [5, 5.41) is 9.50. The lowest BCUT2D eigenvalue weighted by Gasteiger charge is -2.10. The van der Waals surface area contributed by atoms with Crippen LogP contribution >= 0.6 is 0 Å². The number of fused-ring (bicyclic) bond motifs is 1. The van der Waals surface area contributed by atoms with Crippen LogP contribution in [0.2, 0.25) is 0 Å². The van der Waals surface area contributed by atoms with Crippen molar-refractivity contribution in [3.63, 3.8) is 0 Å². The van der Waals surface area contributed by atoms with Crippen LogP contribution in [0.4, 0.5) is 8.78 Å². The van der Waals surface area contributed by atoms with Crippen molar-refractivity contribution in [3.8, 4) is 11.4 Å². The molecule has 0 bridgehead atoms. The summed E-state index contributed by atoms with van der Waals surface area (Å²) < 4.78 is 28.2. The van der Waals surface area contributed by atoms with E-state index in [1.54, 1.807) is 13.0 Å². The minimum absolute atomic E-state index is 0.149. The lowest BCUT2D eigenvalue weighted by molar-refractivity contribution is 0.0698. The average molecular weight is 408 g/mol. The number of rotatable bonds is 4. The predicted molar refractivity (Wildman–Crippen MR) is 105 cm³/mol. The number of aromatic nitrogens is 3. The third-order valence-electron chi connectivity index (χ3n) is 4.53. The zero-order valence-electron chi connectivity index (χ0n) is 15.6. The van der Waals surface area contributed by atoms with Gasteiger partial charge in [0.2, 0.25) is 0 Å². The average Bonchev–Trinajstić information content (AvgIpc) is 3.05. The topological polar surface area (TPSA) is 97.1 Å². The van der Waals surface area contributed by atoms with Crippen molar-refractivity contribution < 1.29 is 23.5 Å². The highest BCUT2D eigenvalue weighted by molar-refractivity contribution is 6.06. The SMILES string of the molecule is Cc1nc(-c2cccc(F)c2)ncc1C(=O)Nn1cc(C(=O)O)c2cc(F)ccc21. The molecule has 4 rings (SSSR count). The van der Waals surface area contributed by atoms with Gasteiger partial charge in [-0.3, -0.25) is 14.9 Å². The number of carboxylic acid groups (broad SMARTS) is 1. The van der Waals surface area contributed by atoms with Crippen LogP contribution in [0.25, 0.3) is 22.3 Å². The summed E-state index contributed by atoms with van der Waals surface area (Å²) in [5.74, 6) is -2.60. The number of hydrogen-bond donors (Lipinski definition) is 2. The fourth-order valence-electron chi connectivity index (χ4n) is 3.09. The van der Waals surface area contributed by atoms with Gasteiger partial charge in [-0.25, -0.2) is 23.5 Å². The minimum Gasteiger partial charge on any atom is -0.478 e. The summed E-state index contributed by atoms with van der Waals surface area (Å²) in [6, 6.07) is 9.39. The van der Waals surface area contributed by atoms with Crippen molar-refractivity contribution in [2.24, 2.45) is 0 Å². The number of carbonyl (C=O) groups is 2. The number of aryl methyl sites for hydroxylation is 1. The summed E-state index contributed by atoms with van der Waals surface area (Å²) in [5.41, 5.74) is 3.69. The molecule has 9 heteroatoms. The summed E-state index contributed by atoms with van der Waals surface area (Å²) in [4.78, 5) is 32.6. The van der Waals surface area contributed by atoms with E-state index in [0.29, 0.717) is 16.8 Å². The molecule has 0 unspecified atom stereocenters. The maximum absolute atomic E-state index is 13.5. The third kappa shape index (κ3) is 3.48. The molecule has 2 heterocycles. The number of nitrogens with zero attached hydrogens (tertiary/aromatic N) is 3. The van der Waals surface area contributed by atoms with Crippen LogP contribution < -0.4 is 5.43 Å². The van der Waals surface area contributed by atoms with Gasteiger partial charge in [-0.2, -0.15) is 0 Å². The molecule has 4 aromatic rings. The van der Waals surface area contributed by atoms with E-state index in [4.69, 9.17) is 0 Å². The molecule has 2 N–H and O–H groups in total. The molecule has 0 radical (unpaired) electrons. The molecule has 30 heavy (non-hydrogen) atoms. The van der Waals surface area contributed by atoms with E-state index >= 15 is 0 Å². The molecule has 150 valence electrons. The maximum atomic E-state index is 13.5. The lowest BCUT2D eigenvalue weighted by Crippen LogP contribution is -2.23. The van der Waals surface area contributed by atoms with E-state index in [-0.39, 0.29) is 22.3 Å². The van der Waals surface area contributed by atoms with Crippen molar-refractivity contribution in [3.05, 3.63) is 83.3 Å². The molecule has 2 aromatic heterocycles. The van der Waals surface area contributed by atoms with E-state index in [0.717, 1.165) is 6.07 Å². The van der Waals surface area contributed by atoms with Gasteiger partial charge in [0.25, 0.3) is 5.91 Å². The molecule has 0 atom stereocenters. The van der Waals surface area contributed by atoms with Crippen molar-refractivity contribution in [2.45, 2.75) is 6.92 Å². The van der Waals surface area contributed by atoms with E-state index in [1.807, 2.05) is 0 Å². The van der Waals surface area contributed by atoms with Gasteiger partial charge in [0.1, 0.15) is 11.6 Å². The molecule has 0 aliphatic rings. The Balaban J connectivity index is 1.67. The van der Waals surface area contributed by atoms with Crippen molar-refractivity contribution in [1.29, 1.82) is 0 Å². The number of amides is 1. The molecule has 0 saturated heterocycles. The second-order valence-corrected chi connectivity index (χ2v) is 6.52. The number of halogens is 2. The Hall–Kier alpha value is -4.14. The highest BCUT2D eigenvalue weighted by Gasteiger charge is 2.18. The Kier molecular flexibility index (Phi) is 4.71. The molecule has 0 spiro atoms. The summed E-state index contributed by atoms with van der Waals surface area (Å²) in [6.07, 6.45) is 2.50. The molecule has 0 fully saturated rings. The van der Waals surface area contributed by atoms with Crippen molar-refractivity contribution >= 4 is 22.8 Å². The zero-order valence-corrected chi connectivity index (χ0v) is 15.6. The Morgan fingerprint density at radius 1 is 1.07 bits per heavy atom. The highest BCUT2D eigenvalue weighted by atomic mass is 19.1. The lowest BCUT2D eigenvalue weighted by atomic mass is 10.2. The summed E-state index contributed by atoms with van der Waals surface area (Å²) in [7, 11) is 0. The van der Waals surface area contributed by atoms with Gasteiger partial charge in [0.15, 0.2) is 5.82 Å². The van der Waals surface area contributed by atoms with Crippen LogP contribution in [0.5, 0.6) is 0 Å². The van der Waals surface area contributed by atoms with Gasteiger partial charge in [0, 0.05) is 23.3 Å². The molecule has 2 aromatic carbocycles. The van der Waals surface area contributed by atoms with Gasteiger partial charge >= 0.3 is 5.97 Å². The van der Waals surface area contributed by atoms with Gasteiger partial charge < -0.3 is 5.11 Å². The summed E-state index contributed by atoms with van der Waals surface area (Å²) >= 11 is 0. The number of nitrogens with one attached hydrogen (secondary N) is 1. The van der Waals surface area contributed by atoms with Crippen LogP contribution in [-0.4, -0.2) is 31.6 Å². The first-order valence-corrected chi connectivity index (χ1v) is 8.78. The summed E-state index contributed by atoms with van der Waals surface area (Å²) in [6.45, 7) is 1.60. The van der Waals surface area contributed by atoms with Crippen LogP contribution in [0.3, 0.4) is 0 Å². The monoisotopic (exact) mass is 408 g/mol. The molecule has 7 nitrogen and oxygen atoms in total. The minimum atomic E-state index is -1.25. The molecule has 0 saturated carbocycles. The quantitative estimate of drug-likeness (QED) is 0.536. The molecular weight excluding hydrogens is 394 g/mol. The molecule has 0 aliphatic carbocycles. The van der Waals surface area contributed by atoms with Crippen molar-refractivity contribution in [2.75, 3.05) is 5.43 Å². The third-order valence-corrected chi connectivity index (χ3v) is 4.53. The number of carboxylic acids is 1. The van der Waals surface area contributed by atoms with E-state index < -0.39 is 23.5 Å². The fourth-order valence-corrected chi connectivity index (χ4v) is 3.09. The van der Waals surface area contributed by atoms with Gasteiger partial charge in [-0.05, 0) is 37.3 Å². The first kappa shape index (κ1) is 19.2.